The third kappa shape index (κ3) is 4.51. The van der Waals surface area contributed by atoms with Crippen LogP contribution in [0.15, 0.2) is 72.1 Å². The lowest BCUT2D eigenvalue weighted by molar-refractivity contribution is -0.141. The average Bonchev–Trinajstić information content (AvgIpc) is 2.80. The van der Waals surface area contributed by atoms with Crippen molar-refractivity contribution in [1.82, 2.24) is 0 Å². The van der Waals surface area contributed by atoms with Gasteiger partial charge < -0.3 is 19.9 Å². The molecule has 0 bridgehead atoms. The van der Waals surface area contributed by atoms with E-state index in [-0.39, 0.29) is 28.7 Å². The fourth-order valence-corrected chi connectivity index (χ4v) is 4.18. The van der Waals surface area contributed by atoms with E-state index in [0.29, 0.717) is 21.2 Å². The number of fused-ring (bicyclic) bond motifs is 1. The zero-order chi connectivity index (χ0) is 24.4. The van der Waals surface area contributed by atoms with Crippen molar-refractivity contribution in [2.45, 2.75) is 18.9 Å². The fraction of sp³-hybridized carbons (Fsp3) is 0.120. The number of esters is 1. The Balaban J connectivity index is 1.62. The summed E-state index contributed by atoms with van der Waals surface area (Å²) in [5.74, 6) is -1.79. The first-order valence-electron chi connectivity index (χ1n) is 10.1. The van der Waals surface area contributed by atoms with E-state index in [1.165, 1.54) is 37.3 Å². The average molecular weight is 499 g/mol. The smallest absolute Gasteiger partial charge is 0.352 e. The third-order valence-electron chi connectivity index (χ3n) is 5.17. The number of ether oxygens (including phenoxy) is 3. The number of halogens is 3. The summed E-state index contributed by atoms with van der Waals surface area (Å²) in [5, 5.41) is 10.4. The fourth-order valence-electron chi connectivity index (χ4n) is 3.56. The van der Waals surface area contributed by atoms with Gasteiger partial charge in [0.2, 0.25) is 5.88 Å². The Bertz CT molecular complexity index is 1330. The zero-order valence-corrected chi connectivity index (χ0v) is 19.2. The van der Waals surface area contributed by atoms with Gasteiger partial charge in [0.1, 0.15) is 23.1 Å². The van der Waals surface area contributed by atoms with Crippen molar-refractivity contribution < 1.29 is 23.4 Å². The van der Waals surface area contributed by atoms with Crippen LogP contribution < -0.4 is 19.9 Å². The first-order chi connectivity index (χ1) is 16.3. The number of allylic oxidation sites excluding steroid dienone is 1. The summed E-state index contributed by atoms with van der Waals surface area (Å²) < 4.78 is 30.2. The molecule has 0 spiro atoms. The van der Waals surface area contributed by atoms with Gasteiger partial charge in [0.15, 0.2) is 17.7 Å². The summed E-state index contributed by atoms with van der Waals surface area (Å²) in [6.45, 7) is 1.44. The lowest BCUT2D eigenvalue weighted by atomic mass is 9.83. The van der Waals surface area contributed by atoms with Crippen LogP contribution in [0.1, 0.15) is 24.0 Å². The number of nitriles is 1. The molecule has 1 aliphatic rings. The quantitative estimate of drug-likeness (QED) is 0.356. The number of carbonyl (C=O) groups excluding carboxylic acids is 1. The molecule has 2 atom stereocenters. The largest absolute Gasteiger partial charge is 0.476 e. The van der Waals surface area contributed by atoms with Crippen molar-refractivity contribution in [2.24, 2.45) is 5.73 Å². The lowest BCUT2D eigenvalue weighted by Crippen LogP contribution is -2.29. The topological polar surface area (TPSA) is 94.6 Å². The van der Waals surface area contributed by atoms with Gasteiger partial charge in [-0.25, -0.2) is 9.18 Å². The van der Waals surface area contributed by atoms with Gasteiger partial charge in [-0.3, -0.25) is 0 Å². The first kappa shape index (κ1) is 23.4. The number of rotatable bonds is 5. The first-order valence-corrected chi connectivity index (χ1v) is 10.8. The molecule has 4 rings (SSSR count). The van der Waals surface area contributed by atoms with Gasteiger partial charge in [0.25, 0.3) is 0 Å². The maximum Gasteiger partial charge on any atom is 0.352 e. The number of benzene rings is 3. The van der Waals surface area contributed by atoms with E-state index in [9.17, 15) is 14.4 Å². The summed E-state index contributed by atoms with van der Waals surface area (Å²) in [7, 11) is 0. The van der Waals surface area contributed by atoms with E-state index < -0.39 is 23.8 Å². The lowest BCUT2D eigenvalue weighted by Gasteiger charge is -2.28. The summed E-state index contributed by atoms with van der Waals surface area (Å²) in [6.07, 6.45) is -1.08. The van der Waals surface area contributed by atoms with Crippen LogP contribution in [-0.4, -0.2) is 12.1 Å². The Labute approximate surface area is 204 Å². The predicted molar refractivity (Wildman–Crippen MR) is 124 cm³/mol. The maximum absolute atomic E-state index is 13.8. The third-order valence-corrected chi connectivity index (χ3v) is 5.83. The zero-order valence-electron chi connectivity index (χ0n) is 17.7. The van der Waals surface area contributed by atoms with Crippen molar-refractivity contribution in [3.8, 4) is 23.3 Å². The molecular weight excluding hydrogens is 482 g/mol. The van der Waals surface area contributed by atoms with Crippen LogP contribution in [0.3, 0.4) is 0 Å². The number of nitrogens with two attached hydrogens (primary N) is 1. The minimum atomic E-state index is -1.08. The minimum absolute atomic E-state index is 0.0675. The molecule has 0 radical (unpaired) electrons. The van der Waals surface area contributed by atoms with Gasteiger partial charge in [-0.1, -0.05) is 47.5 Å². The van der Waals surface area contributed by atoms with Crippen LogP contribution in [0, 0.1) is 17.1 Å². The number of hydrogen-bond acceptors (Lipinski definition) is 6. The molecule has 0 aliphatic carbocycles. The molecular formula is C25H17Cl2FN2O4. The molecule has 172 valence electrons. The van der Waals surface area contributed by atoms with Crippen molar-refractivity contribution in [3.63, 3.8) is 0 Å². The van der Waals surface area contributed by atoms with Crippen molar-refractivity contribution in [1.29, 1.82) is 5.26 Å². The Morgan fingerprint density at radius 3 is 2.53 bits per heavy atom. The maximum atomic E-state index is 13.8. The number of para-hydroxylation sites is 1. The van der Waals surface area contributed by atoms with Crippen LogP contribution >= 0.6 is 23.2 Å². The SMILES string of the molecule is CC(Oc1ccccc1F)C(=O)Oc1ccc2c(c1)OC(N)=C(C#N)C2c1c(Cl)cccc1Cl. The van der Waals surface area contributed by atoms with E-state index in [1.807, 2.05) is 0 Å². The summed E-state index contributed by atoms with van der Waals surface area (Å²) >= 11 is 12.8. The van der Waals surface area contributed by atoms with E-state index in [4.69, 9.17) is 43.1 Å². The van der Waals surface area contributed by atoms with Gasteiger partial charge in [-0.15, -0.1) is 0 Å². The van der Waals surface area contributed by atoms with E-state index in [2.05, 4.69) is 6.07 Å². The highest BCUT2D eigenvalue weighted by Gasteiger charge is 2.34. The molecule has 3 aromatic carbocycles. The van der Waals surface area contributed by atoms with Gasteiger partial charge in [0.05, 0.1) is 5.92 Å². The highest BCUT2D eigenvalue weighted by atomic mass is 35.5. The van der Waals surface area contributed by atoms with Crippen LogP contribution in [-0.2, 0) is 4.79 Å². The molecule has 9 heteroatoms. The highest BCUT2D eigenvalue weighted by Crippen LogP contribution is 2.47. The number of nitrogens with zero attached hydrogens (tertiary/aromatic N) is 1. The monoisotopic (exact) mass is 498 g/mol. The van der Waals surface area contributed by atoms with Gasteiger partial charge in [-0.05, 0) is 37.3 Å². The Hall–Kier alpha value is -3.73. The molecule has 1 aliphatic heterocycles. The second-order valence-electron chi connectivity index (χ2n) is 7.37. The number of hydrogen-bond donors (Lipinski definition) is 1. The van der Waals surface area contributed by atoms with E-state index in [0.717, 1.165) is 0 Å². The molecule has 2 N–H and O–H groups in total. The molecule has 0 amide bonds. The predicted octanol–water partition coefficient (Wildman–Crippen LogP) is 5.72. The second kappa shape index (κ2) is 9.64. The molecule has 2 unspecified atom stereocenters. The minimum Gasteiger partial charge on any atom is -0.476 e. The highest BCUT2D eigenvalue weighted by molar-refractivity contribution is 6.36. The normalized spacial score (nSPS) is 15.6. The molecule has 1 heterocycles. The van der Waals surface area contributed by atoms with Crippen LogP contribution in [0.5, 0.6) is 17.2 Å². The van der Waals surface area contributed by atoms with Gasteiger partial charge >= 0.3 is 5.97 Å². The second-order valence-corrected chi connectivity index (χ2v) is 8.19. The van der Waals surface area contributed by atoms with Crippen molar-refractivity contribution in [2.75, 3.05) is 0 Å². The Kier molecular flexibility index (Phi) is 6.64. The molecule has 34 heavy (non-hydrogen) atoms. The van der Waals surface area contributed by atoms with Gasteiger partial charge in [0, 0.05) is 27.2 Å². The summed E-state index contributed by atoms with van der Waals surface area (Å²) in [6, 6.07) is 17.5. The van der Waals surface area contributed by atoms with Crippen molar-refractivity contribution in [3.05, 3.63) is 99.1 Å². The molecule has 0 saturated heterocycles. The molecule has 0 saturated carbocycles. The Morgan fingerprint density at radius 1 is 1.15 bits per heavy atom. The van der Waals surface area contributed by atoms with Crippen LogP contribution in [0.2, 0.25) is 10.0 Å². The van der Waals surface area contributed by atoms with Crippen LogP contribution in [0.25, 0.3) is 0 Å². The number of carbonyl (C=O) groups is 1. The van der Waals surface area contributed by atoms with Crippen LogP contribution in [0.4, 0.5) is 4.39 Å². The van der Waals surface area contributed by atoms with Gasteiger partial charge in [-0.2, -0.15) is 5.26 Å². The standard InChI is InChI=1S/C25H17Cl2FN2O4/c1-13(32-20-8-3-2-7-19(20)28)25(31)33-14-9-10-15-21(11-14)34-24(30)16(12-29)22(15)23-17(26)5-4-6-18(23)27/h2-11,13,22H,30H2,1H3. The molecule has 0 aromatic heterocycles. The Morgan fingerprint density at radius 2 is 1.85 bits per heavy atom. The molecule has 6 nitrogen and oxygen atoms in total. The van der Waals surface area contributed by atoms with E-state index in [1.54, 1.807) is 30.3 Å². The summed E-state index contributed by atoms with van der Waals surface area (Å²) in [4.78, 5) is 12.5. The molecule has 3 aromatic rings. The van der Waals surface area contributed by atoms with E-state index >= 15 is 0 Å². The van der Waals surface area contributed by atoms with Crippen molar-refractivity contribution >= 4 is 29.2 Å². The molecule has 0 fully saturated rings. The summed E-state index contributed by atoms with van der Waals surface area (Å²) in [5.41, 5.74) is 7.24.